The van der Waals surface area contributed by atoms with E-state index in [0.717, 1.165) is 17.6 Å². The fourth-order valence-corrected chi connectivity index (χ4v) is 3.23. The number of carboxylic acid groups (broad SMARTS) is 1. The van der Waals surface area contributed by atoms with Crippen molar-refractivity contribution in [1.29, 1.82) is 0 Å². The molecule has 1 atom stereocenters. The second kappa shape index (κ2) is 7.90. The van der Waals surface area contributed by atoms with Crippen LogP contribution in [0.15, 0.2) is 59.4 Å². The van der Waals surface area contributed by atoms with Gasteiger partial charge in [-0.25, -0.2) is 4.79 Å². The quantitative estimate of drug-likeness (QED) is 0.551. The van der Waals surface area contributed by atoms with E-state index in [1.165, 1.54) is 0 Å². The molecule has 8 nitrogen and oxygen atoms in total. The van der Waals surface area contributed by atoms with E-state index in [2.05, 4.69) is 5.32 Å². The van der Waals surface area contributed by atoms with Crippen LogP contribution >= 0.6 is 0 Å². The van der Waals surface area contributed by atoms with Gasteiger partial charge in [-0.15, -0.1) is 4.73 Å². The molecule has 1 amide bonds. The summed E-state index contributed by atoms with van der Waals surface area (Å²) in [5.74, 6) is -2.45. The third-order valence-electron chi connectivity index (χ3n) is 5.03. The van der Waals surface area contributed by atoms with E-state index in [9.17, 15) is 24.6 Å². The van der Waals surface area contributed by atoms with Crippen LogP contribution < -0.4 is 15.7 Å². The van der Waals surface area contributed by atoms with Gasteiger partial charge in [-0.05, 0) is 36.5 Å². The lowest BCUT2D eigenvalue weighted by atomic mass is 10.1. The number of nitrogens with one attached hydrogen (secondary N) is 1. The first-order chi connectivity index (χ1) is 14.5. The Morgan fingerprint density at radius 3 is 2.43 bits per heavy atom. The molecule has 1 unspecified atom stereocenters. The molecule has 3 N–H and O–H groups in total. The third kappa shape index (κ3) is 3.71. The highest BCUT2D eigenvalue weighted by Crippen LogP contribution is 2.29. The first-order valence-corrected chi connectivity index (χ1v) is 9.56. The van der Waals surface area contributed by atoms with Gasteiger partial charge in [-0.1, -0.05) is 42.5 Å². The molecule has 8 heteroatoms. The summed E-state index contributed by atoms with van der Waals surface area (Å²) in [4.78, 5) is 43.3. The molecule has 0 bridgehead atoms. The number of hydrogen-bond acceptors (Lipinski definition) is 5. The summed E-state index contributed by atoms with van der Waals surface area (Å²) in [5.41, 5.74) is -0.743. The number of carbonyl (C=O) groups excluding carboxylic acids is 1. The van der Waals surface area contributed by atoms with Gasteiger partial charge in [0.05, 0.1) is 5.52 Å². The van der Waals surface area contributed by atoms with Gasteiger partial charge in [0, 0.05) is 5.39 Å². The third-order valence-corrected chi connectivity index (χ3v) is 5.03. The van der Waals surface area contributed by atoms with E-state index in [1.54, 1.807) is 54.6 Å². The standard InChI is InChI=1S/C22H20N2O6/c25-19-15-8-4-5-9-16(15)24(30-12-13-10-11-13)21(27)17(19)20(26)23-18(22(28)29)14-6-2-1-3-7-14/h1-9,13,18,25H,10-12H2,(H,23,26)(H,28,29). The molecule has 1 aliphatic rings. The van der Waals surface area contributed by atoms with E-state index in [1.807, 2.05) is 0 Å². The summed E-state index contributed by atoms with van der Waals surface area (Å²) in [6.07, 6.45) is 2.02. The molecule has 3 aromatic rings. The summed E-state index contributed by atoms with van der Waals surface area (Å²) < 4.78 is 1.00. The van der Waals surface area contributed by atoms with Crippen LogP contribution in [0.2, 0.25) is 0 Å². The Labute approximate surface area is 171 Å². The van der Waals surface area contributed by atoms with Crippen molar-refractivity contribution in [3.05, 3.63) is 76.1 Å². The number of carboxylic acids is 1. The Morgan fingerprint density at radius 2 is 1.77 bits per heavy atom. The second-order valence-corrected chi connectivity index (χ2v) is 7.23. The van der Waals surface area contributed by atoms with Crippen molar-refractivity contribution in [2.75, 3.05) is 6.61 Å². The maximum Gasteiger partial charge on any atom is 0.330 e. The molecule has 0 saturated heterocycles. The zero-order valence-corrected chi connectivity index (χ0v) is 15.9. The Morgan fingerprint density at radius 1 is 1.10 bits per heavy atom. The lowest BCUT2D eigenvalue weighted by molar-refractivity contribution is -0.139. The first-order valence-electron chi connectivity index (χ1n) is 9.56. The van der Waals surface area contributed by atoms with Crippen molar-refractivity contribution < 1.29 is 24.6 Å². The minimum atomic E-state index is -1.38. The van der Waals surface area contributed by atoms with Gasteiger partial charge in [-0.2, -0.15) is 0 Å². The van der Waals surface area contributed by atoms with Crippen molar-refractivity contribution in [2.24, 2.45) is 5.92 Å². The topological polar surface area (TPSA) is 118 Å². The van der Waals surface area contributed by atoms with Gasteiger partial charge in [0.25, 0.3) is 11.5 Å². The van der Waals surface area contributed by atoms with Crippen LogP contribution in [0.4, 0.5) is 0 Å². The van der Waals surface area contributed by atoms with E-state index in [4.69, 9.17) is 4.84 Å². The zero-order chi connectivity index (χ0) is 21.3. The highest BCUT2D eigenvalue weighted by atomic mass is 16.7. The van der Waals surface area contributed by atoms with Crippen molar-refractivity contribution in [2.45, 2.75) is 18.9 Å². The number of nitrogens with zero attached hydrogens (tertiary/aromatic N) is 1. The highest BCUT2D eigenvalue weighted by Gasteiger charge is 2.29. The average molecular weight is 408 g/mol. The Balaban J connectivity index is 1.76. The molecule has 0 radical (unpaired) electrons. The van der Waals surface area contributed by atoms with Crippen LogP contribution in [0.5, 0.6) is 5.75 Å². The number of fused-ring (bicyclic) bond motifs is 1. The molecule has 1 heterocycles. The number of aliphatic carboxylic acids is 1. The Kier molecular flexibility index (Phi) is 5.14. The molecule has 4 rings (SSSR count). The van der Waals surface area contributed by atoms with E-state index in [0.29, 0.717) is 23.6 Å². The number of benzene rings is 2. The number of pyridine rings is 1. The van der Waals surface area contributed by atoms with E-state index >= 15 is 0 Å². The van der Waals surface area contributed by atoms with Crippen LogP contribution in [0, 0.1) is 5.92 Å². The molecule has 0 aliphatic heterocycles. The monoisotopic (exact) mass is 408 g/mol. The van der Waals surface area contributed by atoms with Gasteiger partial charge in [0.1, 0.15) is 12.4 Å². The lowest BCUT2D eigenvalue weighted by Gasteiger charge is -2.18. The molecular weight excluding hydrogens is 388 g/mol. The van der Waals surface area contributed by atoms with E-state index < -0.39 is 34.8 Å². The molecule has 2 aromatic carbocycles. The summed E-state index contributed by atoms with van der Waals surface area (Å²) >= 11 is 0. The minimum Gasteiger partial charge on any atom is -0.506 e. The molecule has 1 aliphatic carbocycles. The molecule has 1 saturated carbocycles. The van der Waals surface area contributed by atoms with Gasteiger partial charge in [0.15, 0.2) is 11.6 Å². The number of rotatable bonds is 7. The SMILES string of the molecule is O=C(NC(C(=O)O)c1ccccc1)c1c(O)c2ccccc2n(OCC2CC2)c1=O. The van der Waals surface area contributed by atoms with Crippen molar-refractivity contribution >= 4 is 22.8 Å². The predicted octanol–water partition coefficient (Wildman–Crippen LogP) is 2.10. The van der Waals surface area contributed by atoms with Gasteiger partial charge >= 0.3 is 5.97 Å². The second-order valence-electron chi connectivity index (χ2n) is 7.23. The smallest absolute Gasteiger partial charge is 0.330 e. The van der Waals surface area contributed by atoms with Crippen LogP contribution in [0.1, 0.15) is 34.8 Å². The molecular formula is C22H20N2O6. The maximum absolute atomic E-state index is 13.0. The molecule has 1 aromatic heterocycles. The van der Waals surface area contributed by atoms with Crippen LogP contribution in [-0.4, -0.2) is 33.4 Å². The van der Waals surface area contributed by atoms with E-state index in [-0.39, 0.29) is 5.39 Å². The van der Waals surface area contributed by atoms with Crippen molar-refractivity contribution in [1.82, 2.24) is 10.0 Å². The summed E-state index contributed by atoms with van der Waals surface area (Å²) in [6, 6.07) is 13.2. The average Bonchev–Trinajstić information content (AvgIpc) is 3.57. The number of aromatic nitrogens is 1. The normalized spacial score (nSPS) is 14.3. The highest BCUT2D eigenvalue weighted by molar-refractivity contribution is 6.03. The number of hydrogen-bond donors (Lipinski definition) is 3. The summed E-state index contributed by atoms with van der Waals surface area (Å²) in [7, 11) is 0. The zero-order valence-electron chi connectivity index (χ0n) is 15.9. The lowest BCUT2D eigenvalue weighted by Crippen LogP contribution is -2.39. The fraction of sp³-hybridized carbons (Fsp3) is 0.227. The maximum atomic E-state index is 13.0. The fourth-order valence-electron chi connectivity index (χ4n) is 3.23. The predicted molar refractivity (Wildman–Crippen MR) is 108 cm³/mol. The van der Waals surface area contributed by atoms with Crippen LogP contribution in [-0.2, 0) is 4.79 Å². The van der Waals surface area contributed by atoms with Crippen LogP contribution in [0.3, 0.4) is 0 Å². The molecule has 1 fully saturated rings. The molecule has 154 valence electrons. The minimum absolute atomic E-state index is 0.254. The Bertz CT molecular complexity index is 1170. The van der Waals surface area contributed by atoms with Gasteiger partial charge in [-0.3, -0.25) is 9.59 Å². The summed E-state index contributed by atoms with van der Waals surface area (Å²) in [5, 5.41) is 22.8. The summed E-state index contributed by atoms with van der Waals surface area (Å²) in [6.45, 7) is 0.317. The van der Waals surface area contributed by atoms with Gasteiger partial charge in [0.2, 0.25) is 0 Å². The largest absolute Gasteiger partial charge is 0.506 e. The Hall–Kier alpha value is -3.81. The van der Waals surface area contributed by atoms with Crippen molar-refractivity contribution in [3.8, 4) is 5.75 Å². The van der Waals surface area contributed by atoms with Crippen LogP contribution in [0.25, 0.3) is 10.9 Å². The van der Waals surface area contributed by atoms with Crippen molar-refractivity contribution in [3.63, 3.8) is 0 Å². The molecule has 30 heavy (non-hydrogen) atoms. The number of aromatic hydroxyl groups is 1. The molecule has 0 spiro atoms. The van der Waals surface area contributed by atoms with Gasteiger partial charge < -0.3 is 20.4 Å². The number of carbonyl (C=O) groups is 2. The number of amides is 1. The number of para-hydroxylation sites is 1. The first kappa shape index (κ1) is 19.5.